The Kier molecular flexibility index (Phi) is 11.7. The third kappa shape index (κ3) is 11.9. The van der Waals surface area contributed by atoms with Gasteiger partial charge in [-0.15, -0.1) is 0 Å². The van der Waals surface area contributed by atoms with Crippen LogP contribution in [-0.2, 0) is 17.7 Å². The number of hydrazine groups is 1. The van der Waals surface area contributed by atoms with Crippen LogP contribution in [-0.4, -0.2) is 55.6 Å². The van der Waals surface area contributed by atoms with Gasteiger partial charge in [-0.1, -0.05) is 0 Å². The SMILES string of the molecule is CCOC(=O)NNC(=O)NCCC[Si](OCC)(OCC)O[Si](C)(C)C. The van der Waals surface area contributed by atoms with Crippen LogP contribution in [0.5, 0.6) is 0 Å². The summed E-state index contributed by atoms with van der Waals surface area (Å²) in [5, 5.41) is 2.65. The number of rotatable bonds is 11. The Morgan fingerprint density at radius 1 is 0.920 bits per heavy atom. The Hall–Kier alpha value is -1.15. The molecule has 0 aromatic heterocycles. The number of nitrogens with one attached hydrogen (secondary N) is 3. The second-order valence-corrected chi connectivity index (χ2v) is 13.6. The zero-order valence-corrected chi connectivity index (χ0v) is 18.2. The van der Waals surface area contributed by atoms with Crippen molar-refractivity contribution in [2.24, 2.45) is 0 Å². The van der Waals surface area contributed by atoms with Gasteiger partial charge in [0, 0.05) is 25.8 Å². The molecular formula is C14H33N3O6Si2. The van der Waals surface area contributed by atoms with E-state index in [2.05, 4.69) is 40.5 Å². The molecule has 0 aliphatic heterocycles. The number of urea groups is 1. The van der Waals surface area contributed by atoms with Crippen LogP contribution >= 0.6 is 0 Å². The summed E-state index contributed by atoms with van der Waals surface area (Å²) < 4.78 is 22.7. The predicted octanol–water partition coefficient (Wildman–Crippen LogP) is 2.20. The first kappa shape index (κ1) is 23.9. The second kappa shape index (κ2) is 12.2. The highest BCUT2D eigenvalue weighted by molar-refractivity contribution is 6.80. The van der Waals surface area contributed by atoms with E-state index in [0.717, 1.165) is 0 Å². The van der Waals surface area contributed by atoms with Gasteiger partial charge in [0.2, 0.25) is 0 Å². The van der Waals surface area contributed by atoms with Crippen LogP contribution in [0.25, 0.3) is 0 Å². The van der Waals surface area contributed by atoms with E-state index in [1.165, 1.54) is 0 Å². The molecule has 148 valence electrons. The fourth-order valence-corrected chi connectivity index (χ4v) is 8.50. The molecule has 0 radical (unpaired) electrons. The highest BCUT2D eigenvalue weighted by atomic mass is 28.5. The van der Waals surface area contributed by atoms with E-state index in [1.807, 2.05) is 13.8 Å². The van der Waals surface area contributed by atoms with Crippen molar-refractivity contribution in [1.29, 1.82) is 0 Å². The van der Waals surface area contributed by atoms with Gasteiger partial charge >= 0.3 is 20.9 Å². The molecule has 3 amide bonds. The first-order valence-electron chi connectivity index (χ1n) is 8.62. The van der Waals surface area contributed by atoms with E-state index in [4.69, 9.17) is 13.0 Å². The minimum atomic E-state index is -2.75. The van der Waals surface area contributed by atoms with Crippen molar-refractivity contribution in [3.8, 4) is 0 Å². The molecule has 0 spiro atoms. The van der Waals surface area contributed by atoms with Gasteiger partial charge in [0.25, 0.3) is 0 Å². The van der Waals surface area contributed by atoms with Crippen LogP contribution in [0, 0.1) is 0 Å². The van der Waals surface area contributed by atoms with Crippen molar-refractivity contribution in [3.63, 3.8) is 0 Å². The van der Waals surface area contributed by atoms with Gasteiger partial charge in [-0.3, -0.25) is 0 Å². The monoisotopic (exact) mass is 395 g/mol. The number of carbonyl (C=O) groups excluding carboxylic acids is 2. The Morgan fingerprint density at radius 3 is 2.00 bits per heavy atom. The average Bonchev–Trinajstić information content (AvgIpc) is 2.49. The zero-order valence-electron chi connectivity index (χ0n) is 16.2. The lowest BCUT2D eigenvalue weighted by Crippen LogP contribution is -2.53. The van der Waals surface area contributed by atoms with Gasteiger partial charge < -0.3 is 23.0 Å². The van der Waals surface area contributed by atoms with Gasteiger partial charge in [-0.2, -0.15) is 0 Å². The van der Waals surface area contributed by atoms with Gasteiger partial charge in [-0.05, 0) is 46.8 Å². The molecule has 9 nitrogen and oxygen atoms in total. The summed E-state index contributed by atoms with van der Waals surface area (Å²) in [6, 6.07) is 0.101. The predicted molar refractivity (Wildman–Crippen MR) is 99.6 cm³/mol. The number of ether oxygens (including phenoxy) is 1. The van der Waals surface area contributed by atoms with Crippen LogP contribution in [0.2, 0.25) is 25.7 Å². The molecule has 0 rings (SSSR count). The van der Waals surface area contributed by atoms with Gasteiger partial charge in [0.1, 0.15) is 0 Å². The van der Waals surface area contributed by atoms with Crippen molar-refractivity contribution in [3.05, 3.63) is 0 Å². The fraction of sp³-hybridized carbons (Fsp3) is 0.857. The summed E-state index contributed by atoms with van der Waals surface area (Å²) in [4.78, 5) is 22.7. The molecule has 0 unspecified atom stereocenters. The Balaban J connectivity index is 4.36. The molecule has 0 fully saturated rings. The molecule has 0 saturated carbocycles. The lowest BCUT2D eigenvalue weighted by atomic mass is 10.5. The maximum Gasteiger partial charge on any atom is 0.490 e. The van der Waals surface area contributed by atoms with Crippen molar-refractivity contribution in [1.82, 2.24) is 16.2 Å². The fourth-order valence-electron chi connectivity index (χ4n) is 2.03. The summed E-state index contributed by atoms with van der Waals surface area (Å²) in [5.41, 5.74) is 4.33. The van der Waals surface area contributed by atoms with Crippen molar-refractivity contribution in [2.75, 3.05) is 26.4 Å². The molecular weight excluding hydrogens is 362 g/mol. The largest absolute Gasteiger partial charge is 0.490 e. The topological polar surface area (TPSA) is 107 Å². The standard InChI is InChI=1S/C14H33N3O6Si2/c1-7-20-14(19)17-16-13(18)15-11-10-12-25(21-8-2,22-9-3)23-24(4,5)6/h7-12H2,1-6H3,(H,17,19)(H2,15,16,18). The quantitative estimate of drug-likeness (QED) is 0.281. The van der Waals surface area contributed by atoms with E-state index in [9.17, 15) is 9.59 Å². The minimum absolute atomic E-state index is 0.230. The number of amides is 3. The zero-order chi connectivity index (χ0) is 19.3. The highest BCUT2D eigenvalue weighted by Gasteiger charge is 2.43. The first-order valence-corrected chi connectivity index (χ1v) is 14.0. The molecule has 0 aliphatic carbocycles. The lowest BCUT2D eigenvalue weighted by molar-refractivity contribution is 0.113. The molecule has 25 heavy (non-hydrogen) atoms. The van der Waals surface area contributed by atoms with Crippen molar-refractivity contribution >= 4 is 29.2 Å². The van der Waals surface area contributed by atoms with Crippen molar-refractivity contribution < 1.29 is 27.3 Å². The molecule has 0 heterocycles. The maximum atomic E-state index is 11.6. The van der Waals surface area contributed by atoms with Crippen LogP contribution < -0.4 is 16.2 Å². The summed E-state index contributed by atoms with van der Waals surface area (Å²) in [5.74, 6) is 0. The van der Waals surface area contributed by atoms with Crippen LogP contribution in [0.1, 0.15) is 27.2 Å². The number of hydrogen-bond acceptors (Lipinski definition) is 6. The Labute approximate surface area is 152 Å². The molecule has 0 aromatic carbocycles. The van der Waals surface area contributed by atoms with Gasteiger partial charge in [0.05, 0.1) is 6.61 Å². The van der Waals surface area contributed by atoms with Crippen molar-refractivity contribution in [2.45, 2.75) is 52.9 Å². The van der Waals surface area contributed by atoms with E-state index in [-0.39, 0.29) is 6.61 Å². The van der Waals surface area contributed by atoms with Gasteiger partial charge in [0.15, 0.2) is 8.32 Å². The van der Waals surface area contributed by atoms with Crippen LogP contribution in [0.15, 0.2) is 0 Å². The lowest BCUT2D eigenvalue weighted by Gasteiger charge is -2.34. The minimum Gasteiger partial charge on any atom is -0.449 e. The number of carbonyl (C=O) groups is 2. The van der Waals surface area contributed by atoms with E-state index < -0.39 is 29.2 Å². The van der Waals surface area contributed by atoms with Crippen LogP contribution in [0.4, 0.5) is 9.59 Å². The summed E-state index contributed by atoms with van der Waals surface area (Å²) in [7, 11) is -4.58. The molecule has 0 saturated heterocycles. The molecule has 0 atom stereocenters. The first-order chi connectivity index (χ1) is 11.7. The Bertz CT molecular complexity index is 401. The molecule has 0 aliphatic rings. The third-order valence-corrected chi connectivity index (χ3v) is 8.81. The molecule has 0 aromatic rings. The highest BCUT2D eigenvalue weighted by Crippen LogP contribution is 2.22. The smallest absolute Gasteiger partial charge is 0.449 e. The normalized spacial score (nSPS) is 11.8. The summed E-state index contributed by atoms with van der Waals surface area (Å²) in [6.45, 7) is 13.5. The average molecular weight is 396 g/mol. The summed E-state index contributed by atoms with van der Waals surface area (Å²) >= 11 is 0. The van der Waals surface area contributed by atoms with E-state index in [1.54, 1.807) is 6.92 Å². The third-order valence-electron chi connectivity index (χ3n) is 2.69. The van der Waals surface area contributed by atoms with Crippen LogP contribution in [0.3, 0.4) is 0 Å². The van der Waals surface area contributed by atoms with Gasteiger partial charge in [-0.25, -0.2) is 20.4 Å². The summed E-state index contributed by atoms with van der Waals surface area (Å²) in [6.07, 6.45) is -0.0657. The molecule has 11 heteroatoms. The van der Waals surface area contributed by atoms with E-state index >= 15 is 0 Å². The number of hydrogen-bond donors (Lipinski definition) is 3. The second-order valence-electron chi connectivity index (χ2n) is 6.09. The molecule has 3 N–H and O–H groups in total. The van der Waals surface area contributed by atoms with E-state index in [0.29, 0.717) is 32.2 Å². The Morgan fingerprint density at radius 2 is 1.52 bits per heavy atom. The maximum absolute atomic E-state index is 11.6. The molecule has 0 bridgehead atoms.